The van der Waals surface area contributed by atoms with Crippen LogP contribution >= 0.6 is 11.3 Å². The Hall–Kier alpha value is -2.29. The molecule has 3 heterocycles. The van der Waals surface area contributed by atoms with Gasteiger partial charge in [0.05, 0.1) is 29.6 Å². The molecule has 8 heteroatoms. The molecule has 0 radical (unpaired) electrons. The molecule has 1 aromatic carbocycles. The smallest absolute Gasteiger partial charge is 0.278 e. The van der Waals surface area contributed by atoms with Gasteiger partial charge >= 0.3 is 0 Å². The van der Waals surface area contributed by atoms with Gasteiger partial charge in [0.2, 0.25) is 0 Å². The number of benzene rings is 1. The molecule has 1 amide bonds. The van der Waals surface area contributed by atoms with E-state index in [1.165, 1.54) is 11.1 Å². The third-order valence-electron chi connectivity index (χ3n) is 5.62. The van der Waals surface area contributed by atoms with Crippen molar-refractivity contribution in [3.8, 4) is 0 Å². The molecule has 1 fully saturated rings. The van der Waals surface area contributed by atoms with Crippen molar-refractivity contribution >= 4 is 32.6 Å². The lowest BCUT2D eigenvalue weighted by Gasteiger charge is -2.29. The van der Waals surface area contributed by atoms with Crippen LogP contribution in [0, 0.1) is 20.8 Å². The van der Waals surface area contributed by atoms with Crippen LogP contribution in [0.4, 0.5) is 5.13 Å². The number of hydrogen-bond donors (Lipinski definition) is 0. The number of nitrogens with zero attached hydrogens (tertiary/aromatic N) is 5. The molecule has 1 aliphatic heterocycles. The van der Waals surface area contributed by atoms with Crippen LogP contribution < -0.4 is 4.90 Å². The molecule has 0 saturated carbocycles. The maximum Gasteiger partial charge on any atom is 0.278 e. The molecular weight excluding hydrogens is 386 g/mol. The molecule has 0 N–H and O–H groups in total. The Morgan fingerprint density at radius 2 is 1.97 bits per heavy atom. The summed E-state index contributed by atoms with van der Waals surface area (Å²) in [5, 5.41) is 5.00. The van der Waals surface area contributed by atoms with Gasteiger partial charge in [0.25, 0.3) is 5.91 Å². The van der Waals surface area contributed by atoms with Gasteiger partial charge in [0, 0.05) is 33.2 Å². The number of carbonyl (C=O) groups excluding carboxylic acids is 1. The van der Waals surface area contributed by atoms with Crippen LogP contribution in [-0.4, -0.2) is 65.0 Å². The highest BCUT2D eigenvalue weighted by Crippen LogP contribution is 2.32. The zero-order valence-electron chi connectivity index (χ0n) is 17.4. The van der Waals surface area contributed by atoms with Gasteiger partial charge in [-0.1, -0.05) is 17.4 Å². The van der Waals surface area contributed by atoms with E-state index in [9.17, 15) is 4.79 Å². The summed E-state index contributed by atoms with van der Waals surface area (Å²) in [5.74, 6) is -0.0517. The topological polar surface area (TPSA) is 63.5 Å². The molecule has 0 unspecified atom stereocenters. The van der Waals surface area contributed by atoms with Crippen LogP contribution in [0.5, 0.6) is 0 Å². The number of anilines is 1. The fourth-order valence-electron chi connectivity index (χ4n) is 3.66. The van der Waals surface area contributed by atoms with E-state index >= 15 is 0 Å². The minimum absolute atomic E-state index is 0.0517. The quantitative estimate of drug-likeness (QED) is 0.644. The number of aromatic nitrogens is 3. The fourth-order valence-corrected chi connectivity index (χ4v) is 4.71. The average Bonchev–Trinajstić information content (AvgIpc) is 3.29. The van der Waals surface area contributed by atoms with Gasteiger partial charge in [0.1, 0.15) is 5.69 Å². The number of carbonyl (C=O) groups is 1. The molecule has 29 heavy (non-hydrogen) atoms. The van der Waals surface area contributed by atoms with E-state index in [4.69, 9.17) is 9.72 Å². The summed E-state index contributed by atoms with van der Waals surface area (Å²) in [6.45, 7) is 10.8. The highest BCUT2D eigenvalue weighted by Gasteiger charge is 2.26. The fraction of sp³-hybridized carbons (Fsp3) is 0.476. The van der Waals surface area contributed by atoms with Crippen molar-refractivity contribution in [1.82, 2.24) is 19.7 Å². The number of amides is 1. The Balaban J connectivity index is 1.69. The van der Waals surface area contributed by atoms with Crippen LogP contribution in [0.15, 0.2) is 18.3 Å². The lowest BCUT2D eigenvalue weighted by atomic mass is 10.1. The molecule has 4 rings (SSSR count). The average molecular weight is 414 g/mol. The highest BCUT2D eigenvalue weighted by atomic mass is 32.1. The second-order valence-corrected chi connectivity index (χ2v) is 8.57. The second-order valence-electron chi connectivity index (χ2n) is 7.56. The maximum atomic E-state index is 13.5. The van der Waals surface area contributed by atoms with Crippen LogP contribution in [-0.2, 0) is 11.8 Å². The molecule has 7 nitrogen and oxygen atoms in total. The Morgan fingerprint density at radius 1 is 1.21 bits per heavy atom. The highest BCUT2D eigenvalue weighted by molar-refractivity contribution is 7.22. The van der Waals surface area contributed by atoms with Crippen molar-refractivity contribution in [1.29, 1.82) is 0 Å². The summed E-state index contributed by atoms with van der Waals surface area (Å²) in [4.78, 5) is 22.6. The minimum Gasteiger partial charge on any atom is -0.379 e. The minimum atomic E-state index is -0.0517. The molecule has 1 aliphatic rings. The van der Waals surface area contributed by atoms with E-state index in [1.807, 2.05) is 18.9 Å². The maximum absolute atomic E-state index is 13.5. The van der Waals surface area contributed by atoms with Crippen molar-refractivity contribution in [2.24, 2.45) is 7.05 Å². The number of rotatable bonds is 5. The van der Waals surface area contributed by atoms with Crippen LogP contribution in [0.3, 0.4) is 0 Å². The van der Waals surface area contributed by atoms with Gasteiger partial charge < -0.3 is 4.74 Å². The molecule has 2 aromatic heterocycles. The van der Waals surface area contributed by atoms with Crippen molar-refractivity contribution in [3.05, 3.63) is 40.7 Å². The van der Waals surface area contributed by atoms with Gasteiger partial charge in [-0.25, -0.2) is 4.98 Å². The Labute approximate surface area is 174 Å². The zero-order chi connectivity index (χ0) is 20.5. The predicted octanol–water partition coefficient (Wildman–Crippen LogP) is 2.93. The third-order valence-corrected chi connectivity index (χ3v) is 6.66. The molecule has 1 saturated heterocycles. The van der Waals surface area contributed by atoms with E-state index < -0.39 is 0 Å². The number of hydrogen-bond acceptors (Lipinski definition) is 6. The second kappa shape index (κ2) is 8.22. The first-order valence-corrected chi connectivity index (χ1v) is 10.7. The molecule has 0 atom stereocenters. The van der Waals surface area contributed by atoms with Gasteiger partial charge in [-0.15, -0.1) is 0 Å². The summed E-state index contributed by atoms with van der Waals surface area (Å²) >= 11 is 1.57. The van der Waals surface area contributed by atoms with E-state index in [-0.39, 0.29) is 5.91 Å². The first-order chi connectivity index (χ1) is 14.0. The van der Waals surface area contributed by atoms with E-state index in [2.05, 4.69) is 36.0 Å². The molecule has 0 bridgehead atoms. The summed E-state index contributed by atoms with van der Waals surface area (Å²) in [7, 11) is 1.81. The van der Waals surface area contributed by atoms with Crippen molar-refractivity contribution < 1.29 is 9.53 Å². The monoisotopic (exact) mass is 413 g/mol. The van der Waals surface area contributed by atoms with Crippen molar-refractivity contribution in [2.45, 2.75) is 20.8 Å². The van der Waals surface area contributed by atoms with E-state index in [0.29, 0.717) is 12.2 Å². The summed E-state index contributed by atoms with van der Waals surface area (Å²) in [5.41, 5.74) is 4.85. The Morgan fingerprint density at radius 3 is 2.66 bits per heavy atom. The molecular formula is C21H27N5O2S. The first kappa shape index (κ1) is 20.0. The summed E-state index contributed by atoms with van der Waals surface area (Å²) in [6, 6.07) is 4.21. The van der Waals surface area contributed by atoms with Crippen LogP contribution in [0.25, 0.3) is 10.2 Å². The third kappa shape index (κ3) is 3.92. The molecule has 0 spiro atoms. The first-order valence-electron chi connectivity index (χ1n) is 9.93. The number of fused-ring (bicyclic) bond motifs is 1. The predicted molar refractivity (Wildman–Crippen MR) is 116 cm³/mol. The number of ether oxygens (including phenoxy) is 1. The molecule has 154 valence electrons. The van der Waals surface area contributed by atoms with Gasteiger partial charge in [-0.3, -0.25) is 19.3 Å². The summed E-state index contributed by atoms with van der Waals surface area (Å²) < 4.78 is 8.21. The largest absolute Gasteiger partial charge is 0.379 e. The van der Waals surface area contributed by atoms with Gasteiger partial charge in [-0.05, 0) is 43.5 Å². The number of aryl methyl sites for hydroxylation is 4. The zero-order valence-corrected chi connectivity index (χ0v) is 18.3. The molecule has 3 aromatic rings. The van der Waals surface area contributed by atoms with Crippen molar-refractivity contribution in [3.63, 3.8) is 0 Å². The van der Waals surface area contributed by atoms with Crippen molar-refractivity contribution in [2.75, 3.05) is 44.3 Å². The number of morpholine rings is 1. The lowest BCUT2D eigenvalue weighted by Crippen LogP contribution is -2.43. The number of thiazole rings is 1. The SMILES string of the molecule is Cc1ccc2sc(N(CCN3CCOCC3)C(=O)c3c(C)cnn3C)nc2c1C. The summed E-state index contributed by atoms with van der Waals surface area (Å²) in [6.07, 6.45) is 1.74. The van der Waals surface area contributed by atoms with Gasteiger partial charge in [-0.2, -0.15) is 5.10 Å². The van der Waals surface area contributed by atoms with Crippen LogP contribution in [0.1, 0.15) is 27.2 Å². The van der Waals surface area contributed by atoms with E-state index in [0.717, 1.165) is 53.8 Å². The van der Waals surface area contributed by atoms with Gasteiger partial charge in [0.15, 0.2) is 5.13 Å². The van der Waals surface area contributed by atoms with E-state index in [1.54, 1.807) is 22.2 Å². The Bertz CT molecular complexity index is 1020. The molecule has 0 aliphatic carbocycles. The Kier molecular flexibility index (Phi) is 5.67. The lowest BCUT2D eigenvalue weighted by molar-refractivity contribution is 0.0391. The standard InChI is InChI=1S/C21H27N5O2S/c1-14-5-6-17-18(16(14)3)23-21(29-17)26(8-7-25-9-11-28-12-10-25)20(27)19-15(2)13-22-24(19)4/h5-6,13H,7-12H2,1-4H3. The van der Waals surface area contributed by atoms with Crippen LogP contribution in [0.2, 0.25) is 0 Å². The normalized spacial score (nSPS) is 15.2.